The van der Waals surface area contributed by atoms with Gasteiger partial charge < -0.3 is 11.1 Å². The van der Waals surface area contributed by atoms with Crippen molar-refractivity contribution >= 4 is 18.3 Å². The molecular formula is C16H23ClF2N2O. The smallest absolute Gasteiger partial charge is 0.224 e. The van der Waals surface area contributed by atoms with E-state index in [1.807, 2.05) is 20.8 Å². The van der Waals surface area contributed by atoms with E-state index in [0.29, 0.717) is 18.5 Å². The second kappa shape index (κ2) is 6.92. The largest absolute Gasteiger partial charge is 0.349 e. The average Bonchev–Trinajstić information content (AvgIpc) is 3.22. The van der Waals surface area contributed by atoms with Crippen LogP contribution in [0.15, 0.2) is 18.2 Å². The zero-order valence-electron chi connectivity index (χ0n) is 13.0. The molecule has 0 spiro atoms. The summed E-state index contributed by atoms with van der Waals surface area (Å²) in [4.78, 5) is 12.3. The molecule has 3 unspecified atom stereocenters. The maximum Gasteiger partial charge on any atom is 0.224 e. The first-order valence-electron chi connectivity index (χ1n) is 7.25. The lowest BCUT2D eigenvalue weighted by Gasteiger charge is -2.33. The molecule has 1 fully saturated rings. The van der Waals surface area contributed by atoms with Crippen molar-refractivity contribution in [2.45, 2.75) is 38.6 Å². The fraction of sp³-hybridized carbons (Fsp3) is 0.562. The SMILES string of the molecule is CC(C)C(C)(CN)NC(=O)C1CC1c1ccc(F)c(F)c1.Cl. The normalized spacial score (nSPS) is 22.7. The van der Waals surface area contributed by atoms with Gasteiger partial charge in [-0.15, -0.1) is 12.4 Å². The number of halogens is 3. The van der Waals surface area contributed by atoms with Crippen LogP contribution in [0, 0.1) is 23.5 Å². The van der Waals surface area contributed by atoms with E-state index in [1.54, 1.807) is 6.07 Å². The monoisotopic (exact) mass is 332 g/mol. The molecule has 1 aromatic carbocycles. The molecular weight excluding hydrogens is 310 g/mol. The van der Waals surface area contributed by atoms with Gasteiger partial charge >= 0.3 is 0 Å². The highest BCUT2D eigenvalue weighted by atomic mass is 35.5. The van der Waals surface area contributed by atoms with E-state index in [2.05, 4.69) is 5.32 Å². The van der Waals surface area contributed by atoms with Crippen molar-refractivity contribution in [1.82, 2.24) is 5.32 Å². The predicted molar refractivity (Wildman–Crippen MR) is 84.9 cm³/mol. The Morgan fingerprint density at radius 1 is 1.41 bits per heavy atom. The number of carbonyl (C=O) groups excluding carboxylic acids is 1. The third-order valence-electron chi connectivity index (χ3n) is 4.61. The molecule has 6 heteroatoms. The molecule has 1 saturated carbocycles. The van der Waals surface area contributed by atoms with Gasteiger partial charge in [0.05, 0.1) is 5.54 Å². The molecule has 0 heterocycles. The fourth-order valence-electron chi connectivity index (χ4n) is 2.40. The Hall–Kier alpha value is -1.20. The van der Waals surface area contributed by atoms with Gasteiger partial charge in [-0.3, -0.25) is 4.79 Å². The van der Waals surface area contributed by atoms with Crippen LogP contribution in [0.2, 0.25) is 0 Å². The second-order valence-electron chi connectivity index (χ2n) is 6.39. The van der Waals surface area contributed by atoms with Gasteiger partial charge in [-0.05, 0) is 42.9 Å². The Kier molecular flexibility index (Phi) is 5.93. The van der Waals surface area contributed by atoms with Crippen molar-refractivity contribution in [3.63, 3.8) is 0 Å². The highest BCUT2D eigenvalue weighted by Gasteiger charge is 2.46. The minimum absolute atomic E-state index is 0. The van der Waals surface area contributed by atoms with Crippen LogP contribution in [0.4, 0.5) is 8.78 Å². The molecule has 0 aliphatic heterocycles. The van der Waals surface area contributed by atoms with E-state index in [9.17, 15) is 13.6 Å². The summed E-state index contributed by atoms with van der Waals surface area (Å²) in [6.07, 6.45) is 0.662. The van der Waals surface area contributed by atoms with Crippen LogP contribution in [0.3, 0.4) is 0 Å². The lowest BCUT2D eigenvalue weighted by molar-refractivity contribution is -0.124. The lowest BCUT2D eigenvalue weighted by atomic mass is 9.88. The van der Waals surface area contributed by atoms with Gasteiger partial charge in [0.2, 0.25) is 5.91 Å². The number of nitrogens with one attached hydrogen (secondary N) is 1. The van der Waals surface area contributed by atoms with Crippen molar-refractivity contribution in [2.75, 3.05) is 6.54 Å². The topological polar surface area (TPSA) is 55.1 Å². The number of rotatable bonds is 5. The summed E-state index contributed by atoms with van der Waals surface area (Å²) in [6, 6.07) is 3.83. The standard InChI is InChI=1S/C16H22F2N2O.ClH/c1-9(2)16(3,8-19)20-15(21)12-7-11(12)10-4-5-13(17)14(18)6-10;/h4-6,9,11-12H,7-8,19H2,1-3H3,(H,20,21);1H. The average molecular weight is 333 g/mol. The van der Waals surface area contributed by atoms with Gasteiger partial charge in [-0.25, -0.2) is 8.78 Å². The summed E-state index contributed by atoms with van der Waals surface area (Å²) >= 11 is 0. The van der Waals surface area contributed by atoms with Crippen molar-refractivity contribution in [3.05, 3.63) is 35.4 Å². The Labute approximate surface area is 136 Å². The highest BCUT2D eigenvalue weighted by molar-refractivity contribution is 5.85. The Morgan fingerprint density at radius 2 is 2.05 bits per heavy atom. The first kappa shape index (κ1) is 18.8. The van der Waals surface area contributed by atoms with Crippen LogP contribution in [-0.2, 0) is 4.79 Å². The van der Waals surface area contributed by atoms with Crippen molar-refractivity contribution in [2.24, 2.45) is 17.6 Å². The van der Waals surface area contributed by atoms with E-state index < -0.39 is 17.2 Å². The fourth-order valence-corrected chi connectivity index (χ4v) is 2.40. The van der Waals surface area contributed by atoms with Gasteiger partial charge in [-0.1, -0.05) is 19.9 Å². The summed E-state index contributed by atoms with van der Waals surface area (Å²) in [5, 5.41) is 3.00. The Bertz CT molecular complexity index is 553. The molecule has 1 amide bonds. The quantitative estimate of drug-likeness (QED) is 0.871. The van der Waals surface area contributed by atoms with Crippen LogP contribution >= 0.6 is 12.4 Å². The zero-order chi connectivity index (χ0) is 15.8. The van der Waals surface area contributed by atoms with Crippen LogP contribution in [-0.4, -0.2) is 18.0 Å². The molecule has 1 aliphatic rings. The number of nitrogens with two attached hydrogens (primary N) is 1. The van der Waals surface area contributed by atoms with E-state index in [0.717, 1.165) is 6.07 Å². The third-order valence-corrected chi connectivity index (χ3v) is 4.61. The van der Waals surface area contributed by atoms with E-state index in [4.69, 9.17) is 5.73 Å². The number of hydrogen-bond donors (Lipinski definition) is 2. The minimum atomic E-state index is -0.868. The molecule has 3 nitrogen and oxygen atoms in total. The maximum absolute atomic E-state index is 13.2. The Balaban J connectivity index is 0.00000242. The van der Waals surface area contributed by atoms with Crippen LogP contribution in [0.1, 0.15) is 38.7 Å². The van der Waals surface area contributed by atoms with Crippen molar-refractivity contribution in [3.8, 4) is 0 Å². The zero-order valence-corrected chi connectivity index (χ0v) is 13.8. The summed E-state index contributed by atoms with van der Waals surface area (Å²) in [7, 11) is 0. The molecule has 0 radical (unpaired) electrons. The van der Waals surface area contributed by atoms with Gasteiger partial charge in [0, 0.05) is 12.5 Å². The number of hydrogen-bond acceptors (Lipinski definition) is 2. The molecule has 1 aliphatic carbocycles. The van der Waals surface area contributed by atoms with Gasteiger partial charge in [-0.2, -0.15) is 0 Å². The van der Waals surface area contributed by atoms with Crippen molar-refractivity contribution < 1.29 is 13.6 Å². The predicted octanol–water partition coefficient (Wildman–Crippen LogP) is 2.98. The highest BCUT2D eigenvalue weighted by Crippen LogP contribution is 2.48. The van der Waals surface area contributed by atoms with Gasteiger partial charge in [0.15, 0.2) is 11.6 Å². The molecule has 124 valence electrons. The minimum Gasteiger partial charge on any atom is -0.349 e. The summed E-state index contributed by atoms with van der Waals surface area (Å²) in [5.74, 6) is -1.80. The van der Waals surface area contributed by atoms with E-state index >= 15 is 0 Å². The van der Waals surface area contributed by atoms with Gasteiger partial charge in [0.25, 0.3) is 0 Å². The van der Waals surface area contributed by atoms with E-state index in [-0.39, 0.29) is 36.1 Å². The number of amides is 1. The molecule has 0 aromatic heterocycles. The third kappa shape index (κ3) is 3.76. The van der Waals surface area contributed by atoms with E-state index in [1.165, 1.54) is 6.07 Å². The van der Waals surface area contributed by atoms with Gasteiger partial charge in [0.1, 0.15) is 0 Å². The van der Waals surface area contributed by atoms with Crippen LogP contribution < -0.4 is 11.1 Å². The van der Waals surface area contributed by atoms with Crippen LogP contribution in [0.5, 0.6) is 0 Å². The molecule has 3 N–H and O–H groups in total. The summed E-state index contributed by atoms with van der Waals surface area (Å²) < 4.78 is 26.2. The van der Waals surface area contributed by atoms with Crippen molar-refractivity contribution in [1.29, 1.82) is 0 Å². The lowest BCUT2D eigenvalue weighted by Crippen LogP contribution is -2.55. The molecule has 1 aromatic rings. The first-order chi connectivity index (χ1) is 9.78. The second-order valence-corrected chi connectivity index (χ2v) is 6.39. The summed E-state index contributed by atoms with van der Waals surface area (Å²) in [6.45, 7) is 6.29. The maximum atomic E-state index is 13.2. The molecule has 2 rings (SSSR count). The first-order valence-corrected chi connectivity index (χ1v) is 7.25. The number of benzene rings is 1. The Morgan fingerprint density at radius 3 is 2.55 bits per heavy atom. The molecule has 3 atom stereocenters. The molecule has 0 saturated heterocycles. The molecule has 22 heavy (non-hydrogen) atoms. The molecule has 0 bridgehead atoms. The summed E-state index contributed by atoms with van der Waals surface area (Å²) in [5.41, 5.74) is 5.98. The van der Waals surface area contributed by atoms with Crippen LogP contribution in [0.25, 0.3) is 0 Å². The number of carbonyl (C=O) groups is 1.